The van der Waals surface area contributed by atoms with Crippen molar-refractivity contribution in [2.45, 2.75) is 91.5 Å². The summed E-state index contributed by atoms with van der Waals surface area (Å²) in [7, 11) is 3.25. The van der Waals surface area contributed by atoms with Crippen molar-refractivity contribution in [2.75, 3.05) is 34.0 Å². The molecule has 1 aromatic carbocycles. The smallest absolute Gasteiger partial charge is 0.493 e. The Morgan fingerprint density at radius 2 is 1.63 bits per heavy atom. The molecule has 1 fully saturated rings. The first kappa shape index (κ1) is 31.5. The Bertz CT molecular complexity index is 918. The first-order chi connectivity index (χ1) is 17.7. The molecule has 38 heavy (non-hydrogen) atoms. The predicted molar refractivity (Wildman–Crippen MR) is 145 cm³/mol. The number of nitrogens with zero attached hydrogens (tertiary/aromatic N) is 1. The minimum atomic E-state index is -0.762. The average molecular weight is 538 g/mol. The van der Waals surface area contributed by atoms with E-state index in [2.05, 4.69) is 13.8 Å². The van der Waals surface area contributed by atoms with Crippen LogP contribution in [0.1, 0.15) is 79.8 Å². The molecule has 0 aliphatic carbocycles. The summed E-state index contributed by atoms with van der Waals surface area (Å²) in [6, 6.07) is 5.04. The van der Waals surface area contributed by atoms with Gasteiger partial charge in [-0.05, 0) is 77.5 Å². The van der Waals surface area contributed by atoms with Gasteiger partial charge < -0.3 is 28.4 Å². The fourth-order valence-electron chi connectivity index (χ4n) is 4.58. The molecule has 3 atom stereocenters. The Balaban J connectivity index is 2.44. The summed E-state index contributed by atoms with van der Waals surface area (Å²) in [6.45, 7) is 16.2. The largest absolute Gasteiger partial charge is 0.508 e. The Labute approximate surface area is 228 Å². The maximum absolute atomic E-state index is 13.6. The highest BCUT2D eigenvalue weighted by atomic mass is 16.7. The van der Waals surface area contributed by atoms with Gasteiger partial charge in [-0.15, -0.1) is 0 Å². The van der Waals surface area contributed by atoms with Gasteiger partial charge in [-0.3, -0.25) is 4.90 Å². The molecule has 9 nitrogen and oxygen atoms in total. The molecular formula is C29H47NO8. The number of carbonyl (C=O) groups is 2. The summed E-state index contributed by atoms with van der Waals surface area (Å²) in [5.41, 5.74) is -0.468. The first-order valence-electron chi connectivity index (χ1n) is 13.3. The summed E-state index contributed by atoms with van der Waals surface area (Å²) in [5, 5.41) is 0. The maximum Gasteiger partial charge on any atom is 0.508 e. The molecule has 1 saturated heterocycles. The van der Waals surface area contributed by atoms with Crippen LogP contribution in [0.4, 0.5) is 9.59 Å². The molecule has 0 aromatic heterocycles. The molecule has 0 unspecified atom stereocenters. The van der Waals surface area contributed by atoms with Gasteiger partial charge in [0.1, 0.15) is 17.8 Å². The first-order valence-corrected chi connectivity index (χ1v) is 13.3. The molecule has 9 heteroatoms. The molecule has 1 aliphatic rings. The van der Waals surface area contributed by atoms with Crippen LogP contribution in [0.3, 0.4) is 0 Å². The molecule has 1 amide bonds. The van der Waals surface area contributed by atoms with Crippen LogP contribution < -0.4 is 9.47 Å². The quantitative estimate of drug-likeness (QED) is 0.251. The summed E-state index contributed by atoms with van der Waals surface area (Å²) < 4.78 is 33.3. The number of carbonyl (C=O) groups excluding carboxylic acids is 2. The molecule has 0 saturated carbocycles. The van der Waals surface area contributed by atoms with E-state index in [0.29, 0.717) is 31.1 Å². The fourth-order valence-corrected chi connectivity index (χ4v) is 4.58. The highest BCUT2D eigenvalue weighted by Crippen LogP contribution is 2.47. The number of hydrogen-bond acceptors (Lipinski definition) is 8. The van der Waals surface area contributed by atoms with E-state index in [1.54, 1.807) is 39.9 Å². The van der Waals surface area contributed by atoms with E-state index in [4.69, 9.17) is 28.4 Å². The lowest BCUT2D eigenvalue weighted by Crippen LogP contribution is -2.44. The van der Waals surface area contributed by atoms with Gasteiger partial charge >= 0.3 is 12.2 Å². The van der Waals surface area contributed by atoms with Crippen molar-refractivity contribution in [3.63, 3.8) is 0 Å². The summed E-state index contributed by atoms with van der Waals surface area (Å²) in [6.07, 6.45) is 0.153. The van der Waals surface area contributed by atoms with E-state index in [1.165, 1.54) is 0 Å². The number of hydrogen-bond donors (Lipinski definition) is 0. The van der Waals surface area contributed by atoms with Crippen LogP contribution in [0.5, 0.6) is 11.5 Å². The summed E-state index contributed by atoms with van der Waals surface area (Å²) in [4.78, 5) is 27.7. The van der Waals surface area contributed by atoms with Crippen LogP contribution >= 0.6 is 0 Å². The van der Waals surface area contributed by atoms with Crippen LogP contribution in [-0.2, 0) is 18.9 Å². The minimum absolute atomic E-state index is 0.00437. The Morgan fingerprint density at radius 1 is 0.974 bits per heavy atom. The standard InChI is InChI=1S/C29H47NO8/c1-19(2)22-17-21(18-36-27(32)38-29(6,7)8)30(26(31)37-28(3,4)5)25(22)20-12-13-23(34-10)24(16-20)35-15-11-14-33-9/h12-13,16,19,21-22,25H,11,14-15,17-18H2,1-10H3/t21-,22-,25+/m0/s1. The molecule has 1 aromatic rings. The number of rotatable bonds is 10. The van der Waals surface area contributed by atoms with E-state index in [9.17, 15) is 9.59 Å². The van der Waals surface area contributed by atoms with Crippen LogP contribution in [0, 0.1) is 11.8 Å². The van der Waals surface area contributed by atoms with E-state index >= 15 is 0 Å². The lowest BCUT2D eigenvalue weighted by molar-refractivity contribution is -0.0239. The molecular weight excluding hydrogens is 490 g/mol. The zero-order chi connectivity index (χ0) is 28.7. The van der Waals surface area contributed by atoms with Crippen LogP contribution in [-0.4, -0.2) is 68.4 Å². The normalized spacial score (nSPS) is 19.9. The Hall–Kier alpha value is -2.68. The molecule has 0 N–H and O–H groups in total. The zero-order valence-corrected chi connectivity index (χ0v) is 24.8. The van der Waals surface area contributed by atoms with Crippen molar-refractivity contribution in [1.82, 2.24) is 4.90 Å². The minimum Gasteiger partial charge on any atom is -0.493 e. The number of methoxy groups -OCH3 is 2. The summed E-state index contributed by atoms with van der Waals surface area (Å²) >= 11 is 0. The van der Waals surface area contributed by atoms with Gasteiger partial charge in [-0.25, -0.2) is 9.59 Å². The molecule has 216 valence electrons. The molecule has 1 aliphatic heterocycles. The van der Waals surface area contributed by atoms with Crippen molar-refractivity contribution in [1.29, 1.82) is 0 Å². The van der Waals surface area contributed by atoms with E-state index in [0.717, 1.165) is 12.0 Å². The van der Waals surface area contributed by atoms with Gasteiger partial charge in [0.15, 0.2) is 11.5 Å². The monoisotopic (exact) mass is 537 g/mol. The number of ether oxygens (including phenoxy) is 6. The van der Waals surface area contributed by atoms with Crippen molar-refractivity contribution in [3.8, 4) is 11.5 Å². The summed E-state index contributed by atoms with van der Waals surface area (Å²) in [5.74, 6) is 1.54. The van der Waals surface area contributed by atoms with Gasteiger partial charge in [0, 0.05) is 20.1 Å². The fraction of sp³-hybridized carbons (Fsp3) is 0.724. The van der Waals surface area contributed by atoms with Gasteiger partial charge in [-0.1, -0.05) is 19.9 Å². The predicted octanol–water partition coefficient (Wildman–Crippen LogP) is 6.38. The second kappa shape index (κ2) is 13.4. The second-order valence-electron chi connectivity index (χ2n) is 12.0. The number of amides is 1. The number of benzene rings is 1. The molecule has 1 heterocycles. The SMILES string of the molecule is COCCCOc1cc([C@@H]2[C@H](C(C)C)C[C@@H](COC(=O)OC(C)(C)C)N2C(=O)OC(C)(C)C)ccc1OC. The average Bonchev–Trinajstić information content (AvgIpc) is 3.18. The van der Waals surface area contributed by atoms with E-state index in [-0.39, 0.29) is 30.5 Å². The Morgan fingerprint density at radius 3 is 2.18 bits per heavy atom. The van der Waals surface area contributed by atoms with Crippen LogP contribution in [0.2, 0.25) is 0 Å². The van der Waals surface area contributed by atoms with Gasteiger partial charge in [-0.2, -0.15) is 0 Å². The lowest BCUT2D eigenvalue weighted by atomic mass is 9.84. The Kier molecular flexibility index (Phi) is 11.1. The van der Waals surface area contributed by atoms with Crippen molar-refractivity contribution < 1.29 is 38.0 Å². The van der Waals surface area contributed by atoms with Crippen molar-refractivity contribution >= 4 is 12.2 Å². The highest BCUT2D eigenvalue weighted by Gasteiger charge is 2.48. The number of likely N-dealkylation sites (tertiary alicyclic amines) is 1. The van der Waals surface area contributed by atoms with E-state index < -0.39 is 23.5 Å². The zero-order valence-electron chi connectivity index (χ0n) is 24.8. The molecule has 2 rings (SSSR count). The second-order valence-corrected chi connectivity index (χ2v) is 12.0. The van der Waals surface area contributed by atoms with Crippen molar-refractivity contribution in [2.24, 2.45) is 11.8 Å². The van der Waals surface area contributed by atoms with E-state index in [1.807, 2.05) is 39.0 Å². The van der Waals surface area contributed by atoms with Gasteiger partial charge in [0.25, 0.3) is 0 Å². The third kappa shape index (κ3) is 9.26. The molecule has 0 radical (unpaired) electrons. The lowest BCUT2D eigenvalue weighted by Gasteiger charge is -2.34. The third-order valence-electron chi connectivity index (χ3n) is 6.17. The molecule has 0 bridgehead atoms. The third-order valence-corrected chi connectivity index (χ3v) is 6.17. The maximum atomic E-state index is 13.6. The van der Waals surface area contributed by atoms with Gasteiger partial charge in [0.05, 0.1) is 25.8 Å². The van der Waals surface area contributed by atoms with Crippen molar-refractivity contribution in [3.05, 3.63) is 23.8 Å². The highest BCUT2D eigenvalue weighted by molar-refractivity contribution is 5.70. The topological polar surface area (TPSA) is 92.8 Å². The molecule has 0 spiro atoms. The van der Waals surface area contributed by atoms with Gasteiger partial charge in [0.2, 0.25) is 0 Å². The van der Waals surface area contributed by atoms with Crippen LogP contribution in [0.15, 0.2) is 18.2 Å². The van der Waals surface area contributed by atoms with Crippen LogP contribution in [0.25, 0.3) is 0 Å².